The van der Waals surface area contributed by atoms with Crippen LogP contribution in [0.25, 0.3) is 0 Å². The van der Waals surface area contributed by atoms with E-state index in [2.05, 4.69) is 10.1 Å². The molecule has 0 aliphatic carbocycles. The Morgan fingerprint density at radius 1 is 0.810 bits per heavy atom. The summed E-state index contributed by atoms with van der Waals surface area (Å²) in [4.78, 5) is 12.8. The first kappa shape index (κ1) is 32.6. The summed E-state index contributed by atoms with van der Waals surface area (Å²) in [6.45, 7) is 0. The van der Waals surface area contributed by atoms with Crippen molar-refractivity contribution in [1.29, 1.82) is 0 Å². The van der Waals surface area contributed by atoms with E-state index in [-0.39, 0.29) is 17.7 Å². The molecule has 0 heterocycles. The molecular formula is C27H19F12NO2. The highest BCUT2D eigenvalue weighted by Crippen LogP contribution is 2.41. The predicted octanol–water partition coefficient (Wildman–Crippen LogP) is 8.17. The third kappa shape index (κ3) is 8.10. The van der Waals surface area contributed by atoms with Gasteiger partial charge in [0.1, 0.15) is 17.4 Å². The molecule has 0 aliphatic heterocycles. The lowest BCUT2D eigenvalue weighted by atomic mass is 9.77. The van der Waals surface area contributed by atoms with E-state index in [1.165, 1.54) is 30.3 Å². The molecule has 0 aromatic heterocycles. The molecule has 0 saturated carbocycles. The van der Waals surface area contributed by atoms with E-state index in [9.17, 15) is 57.5 Å². The Hall–Kier alpha value is -3.91. The summed E-state index contributed by atoms with van der Waals surface area (Å²) in [5, 5.41) is 2.14. The van der Waals surface area contributed by atoms with Gasteiger partial charge in [0.15, 0.2) is 0 Å². The van der Waals surface area contributed by atoms with Crippen molar-refractivity contribution in [1.82, 2.24) is 5.32 Å². The lowest BCUT2D eigenvalue weighted by molar-refractivity contribution is -0.253. The van der Waals surface area contributed by atoms with Gasteiger partial charge in [-0.15, -0.1) is 0 Å². The first-order valence-electron chi connectivity index (χ1n) is 11.8. The highest BCUT2D eigenvalue weighted by Gasteiger charge is 2.45. The number of hydrogen-bond acceptors (Lipinski definition) is 2. The molecule has 42 heavy (non-hydrogen) atoms. The SMILES string of the molecule is O=C(CCC(F)(F)F)N[C@@](Cc1ccccc1)(c1cc(F)cc(OC(F)(F)C(F)F)c1)c1ccc(F)c(C(F)(F)F)c1. The number of hydrogen-bond donors (Lipinski definition) is 1. The summed E-state index contributed by atoms with van der Waals surface area (Å²) < 4.78 is 165. The summed E-state index contributed by atoms with van der Waals surface area (Å²) in [7, 11) is 0. The van der Waals surface area contributed by atoms with E-state index in [0.717, 1.165) is 6.07 Å². The van der Waals surface area contributed by atoms with Crippen molar-refractivity contribution in [2.24, 2.45) is 0 Å². The Balaban J connectivity index is 2.34. The number of amides is 1. The van der Waals surface area contributed by atoms with Gasteiger partial charge in [-0.3, -0.25) is 4.79 Å². The van der Waals surface area contributed by atoms with Crippen LogP contribution in [0.1, 0.15) is 35.1 Å². The molecule has 0 unspecified atom stereocenters. The largest absolute Gasteiger partial charge is 0.461 e. The van der Waals surface area contributed by atoms with Gasteiger partial charge in [-0.1, -0.05) is 36.4 Å². The first-order chi connectivity index (χ1) is 19.3. The number of carbonyl (C=O) groups is 1. The summed E-state index contributed by atoms with van der Waals surface area (Å²) >= 11 is 0. The molecule has 228 valence electrons. The Labute approximate surface area is 230 Å². The smallest absolute Gasteiger partial charge is 0.428 e. The van der Waals surface area contributed by atoms with Crippen LogP contribution in [0, 0.1) is 11.6 Å². The van der Waals surface area contributed by atoms with E-state index < -0.39 is 89.7 Å². The zero-order valence-corrected chi connectivity index (χ0v) is 20.9. The molecule has 0 bridgehead atoms. The zero-order chi connectivity index (χ0) is 31.5. The van der Waals surface area contributed by atoms with Gasteiger partial charge in [0, 0.05) is 18.9 Å². The van der Waals surface area contributed by atoms with Gasteiger partial charge in [-0.05, 0) is 41.0 Å². The lowest BCUT2D eigenvalue weighted by Gasteiger charge is -2.37. The van der Waals surface area contributed by atoms with Gasteiger partial charge in [-0.25, -0.2) is 8.78 Å². The van der Waals surface area contributed by atoms with Gasteiger partial charge >= 0.3 is 24.9 Å². The minimum atomic E-state index is -5.32. The first-order valence-corrected chi connectivity index (χ1v) is 11.8. The van der Waals surface area contributed by atoms with Crippen molar-refractivity contribution < 1.29 is 62.2 Å². The fourth-order valence-electron chi connectivity index (χ4n) is 4.09. The molecule has 0 saturated heterocycles. The number of benzene rings is 3. The van der Waals surface area contributed by atoms with Gasteiger partial charge in [0.05, 0.1) is 17.5 Å². The third-order valence-corrected chi connectivity index (χ3v) is 5.94. The molecule has 0 fully saturated rings. The molecule has 3 nitrogen and oxygen atoms in total. The van der Waals surface area contributed by atoms with Gasteiger partial charge in [0.2, 0.25) is 5.91 Å². The number of carbonyl (C=O) groups excluding carboxylic acids is 1. The second-order valence-electron chi connectivity index (χ2n) is 9.06. The van der Waals surface area contributed by atoms with E-state index >= 15 is 0 Å². The predicted molar refractivity (Wildman–Crippen MR) is 124 cm³/mol. The zero-order valence-electron chi connectivity index (χ0n) is 20.9. The Morgan fingerprint density at radius 2 is 1.45 bits per heavy atom. The fraction of sp³-hybridized carbons (Fsp3) is 0.296. The van der Waals surface area contributed by atoms with Crippen LogP contribution in [0.4, 0.5) is 52.7 Å². The van der Waals surface area contributed by atoms with Crippen LogP contribution in [0.3, 0.4) is 0 Å². The third-order valence-electron chi connectivity index (χ3n) is 5.94. The van der Waals surface area contributed by atoms with Crippen molar-refractivity contribution in [3.8, 4) is 5.75 Å². The number of halogens is 12. The maximum atomic E-state index is 14.7. The second-order valence-corrected chi connectivity index (χ2v) is 9.06. The van der Waals surface area contributed by atoms with E-state index in [0.29, 0.717) is 18.2 Å². The van der Waals surface area contributed by atoms with Crippen LogP contribution in [-0.4, -0.2) is 24.6 Å². The summed E-state index contributed by atoms with van der Waals surface area (Å²) in [5.74, 6) is -5.91. The van der Waals surface area contributed by atoms with Crippen LogP contribution in [0.2, 0.25) is 0 Å². The van der Waals surface area contributed by atoms with Gasteiger partial charge < -0.3 is 10.1 Å². The maximum absolute atomic E-state index is 14.7. The minimum absolute atomic E-state index is 0.177. The quantitative estimate of drug-likeness (QED) is 0.233. The van der Waals surface area contributed by atoms with Crippen LogP contribution in [-0.2, 0) is 22.9 Å². The van der Waals surface area contributed by atoms with Crippen molar-refractivity contribution in [2.75, 3.05) is 0 Å². The summed E-state index contributed by atoms with van der Waals surface area (Å²) in [5.41, 5.74) is -5.54. The summed E-state index contributed by atoms with van der Waals surface area (Å²) in [6, 6.07) is 9.64. The molecule has 3 aromatic rings. The molecule has 1 atom stereocenters. The Bertz CT molecular complexity index is 1390. The van der Waals surface area contributed by atoms with E-state index in [4.69, 9.17) is 0 Å². The van der Waals surface area contributed by atoms with Crippen LogP contribution >= 0.6 is 0 Å². The molecule has 0 radical (unpaired) electrons. The molecule has 1 amide bonds. The number of ether oxygens (including phenoxy) is 1. The topological polar surface area (TPSA) is 38.3 Å². The fourth-order valence-corrected chi connectivity index (χ4v) is 4.09. The molecule has 0 aliphatic rings. The maximum Gasteiger partial charge on any atom is 0.461 e. The minimum Gasteiger partial charge on any atom is -0.428 e. The highest BCUT2D eigenvalue weighted by atomic mass is 19.4. The lowest BCUT2D eigenvalue weighted by Crippen LogP contribution is -2.49. The number of alkyl halides is 10. The van der Waals surface area contributed by atoms with Crippen molar-refractivity contribution in [3.05, 3.63) is 101 Å². The molecule has 3 rings (SSSR count). The normalized spacial score (nSPS) is 14.0. The van der Waals surface area contributed by atoms with Gasteiger partial charge in [-0.2, -0.15) is 43.9 Å². The van der Waals surface area contributed by atoms with Crippen LogP contribution < -0.4 is 10.1 Å². The number of rotatable bonds is 10. The monoisotopic (exact) mass is 617 g/mol. The number of nitrogens with one attached hydrogen (secondary N) is 1. The molecular weight excluding hydrogens is 598 g/mol. The molecule has 15 heteroatoms. The van der Waals surface area contributed by atoms with E-state index in [1.54, 1.807) is 0 Å². The molecule has 3 aromatic carbocycles. The highest BCUT2D eigenvalue weighted by molar-refractivity contribution is 5.78. The Morgan fingerprint density at radius 3 is 2.02 bits per heavy atom. The van der Waals surface area contributed by atoms with Crippen molar-refractivity contribution in [3.63, 3.8) is 0 Å². The second kappa shape index (κ2) is 12.1. The van der Waals surface area contributed by atoms with Crippen LogP contribution in [0.5, 0.6) is 5.75 Å². The molecule has 1 N–H and O–H groups in total. The van der Waals surface area contributed by atoms with Crippen molar-refractivity contribution in [2.45, 2.75) is 49.7 Å². The van der Waals surface area contributed by atoms with E-state index in [1.807, 2.05) is 0 Å². The standard InChI is InChI=1S/C27H19F12NO2/c28-18-10-17(11-19(13-18)42-27(38,39)23(30)31)24(14-15-4-2-1-3-5-15,40-22(41)8-9-25(32,33)34)16-6-7-21(29)20(12-16)26(35,36)37/h1-7,10-13,23H,8-9,14H2,(H,40,41)/t24-/m1/s1. The molecule has 0 spiro atoms. The Kier molecular flexibility index (Phi) is 9.42. The summed E-state index contributed by atoms with van der Waals surface area (Å²) in [6.07, 6.45) is -23.3. The average molecular weight is 617 g/mol. The average Bonchev–Trinajstić information content (AvgIpc) is 2.86. The van der Waals surface area contributed by atoms with Gasteiger partial charge in [0.25, 0.3) is 0 Å². The van der Waals surface area contributed by atoms with Crippen LogP contribution in [0.15, 0.2) is 66.7 Å². The van der Waals surface area contributed by atoms with Crippen molar-refractivity contribution >= 4 is 5.91 Å².